The van der Waals surface area contributed by atoms with Crippen LogP contribution in [0, 0.1) is 0 Å². The van der Waals surface area contributed by atoms with Crippen LogP contribution < -0.4 is 10.1 Å². The van der Waals surface area contributed by atoms with Crippen molar-refractivity contribution in [2.24, 2.45) is 0 Å². The quantitative estimate of drug-likeness (QED) is 0.370. The van der Waals surface area contributed by atoms with Crippen molar-refractivity contribution in [3.8, 4) is 17.2 Å². The molecular weight excluding hydrogens is 362 g/mol. The lowest BCUT2D eigenvalue weighted by Gasteiger charge is -2.17. The fourth-order valence-corrected chi connectivity index (χ4v) is 3.27. The molecule has 3 aromatic carbocycles. The Balaban J connectivity index is 1.93. The average Bonchev–Trinajstić information content (AvgIpc) is 2.77. The number of hydrogen-bond acceptors (Lipinski definition) is 4. The lowest BCUT2D eigenvalue weighted by Crippen LogP contribution is -2.15. The van der Waals surface area contributed by atoms with E-state index in [4.69, 9.17) is 8.85 Å². The van der Waals surface area contributed by atoms with E-state index in [9.17, 15) is 10.2 Å². The molecule has 0 saturated heterocycles. The first-order valence-electron chi connectivity index (χ1n) is 11.1. The molecule has 29 heavy (non-hydrogen) atoms. The highest BCUT2D eigenvalue weighted by Gasteiger charge is 2.13. The zero-order valence-electron chi connectivity index (χ0n) is 19.4. The number of allylic oxidation sites excluding steroid dienone is 1. The van der Waals surface area contributed by atoms with Crippen LogP contribution in [-0.2, 0) is 0 Å². The fourth-order valence-electron chi connectivity index (χ4n) is 3.27. The molecule has 0 fully saturated rings. The van der Waals surface area contributed by atoms with Crippen LogP contribution in [0.5, 0.6) is 17.2 Å². The molecule has 4 heteroatoms. The van der Waals surface area contributed by atoms with Crippen LogP contribution in [0.15, 0.2) is 72.8 Å². The Morgan fingerprint density at radius 3 is 1.86 bits per heavy atom. The summed E-state index contributed by atoms with van der Waals surface area (Å²) in [4.78, 5) is 0. The maximum absolute atomic E-state index is 9.74. The van der Waals surface area contributed by atoms with E-state index in [-0.39, 0.29) is 24.7 Å². The van der Waals surface area contributed by atoms with Crippen molar-refractivity contribution in [1.82, 2.24) is 5.32 Å². The predicted molar refractivity (Wildman–Crippen MR) is 118 cm³/mol. The van der Waals surface area contributed by atoms with Crippen molar-refractivity contribution in [1.29, 1.82) is 0 Å². The molecule has 3 rings (SSSR count). The zero-order valence-corrected chi connectivity index (χ0v) is 16.4. The molecule has 0 heterocycles. The SMILES string of the molecule is [2H]C([2H])([2H])NCCOc1ccc(C(=C(CC)c2ccc(O)cc2)c2ccc(O)cc2)cc1. The zero-order chi connectivity index (χ0) is 23.1. The number of likely N-dealkylation sites (N-methyl/N-ethyl adjacent to an activating group) is 1. The molecule has 3 N–H and O–H groups in total. The minimum Gasteiger partial charge on any atom is -0.508 e. The normalized spacial score (nSPS) is 13.8. The Kier molecular flexibility index (Phi) is 5.64. The Hall–Kier alpha value is -3.24. The Bertz CT molecular complexity index is 1040. The molecule has 4 nitrogen and oxygen atoms in total. The number of benzene rings is 3. The molecule has 0 amide bonds. The summed E-state index contributed by atoms with van der Waals surface area (Å²) in [6.07, 6.45) is 0.764. The topological polar surface area (TPSA) is 61.7 Å². The predicted octanol–water partition coefficient (Wildman–Crippen LogP) is 5.07. The van der Waals surface area contributed by atoms with E-state index >= 15 is 0 Å². The van der Waals surface area contributed by atoms with Crippen molar-refractivity contribution in [3.63, 3.8) is 0 Å². The Labute approximate surface area is 176 Å². The highest BCUT2D eigenvalue weighted by molar-refractivity contribution is 5.98. The van der Waals surface area contributed by atoms with Crippen LogP contribution >= 0.6 is 0 Å². The second-order valence-electron chi connectivity index (χ2n) is 6.60. The molecule has 0 aromatic heterocycles. The standard InChI is InChI=1S/C25H27NO3/c1-3-24(18-4-10-21(27)11-5-18)25(19-6-12-22(28)13-7-19)20-8-14-23(15-9-20)29-17-16-26-2/h4-15,26-28H,3,16-17H2,1-2H3/i2D3. The van der Waals surface area contributed by atoms with Crippen LogP contribution in [0.25, 0.3) is 11.1 Å². The number of nitrogens with one attached hydrogen (secondary N) is 1. The Morgan fingerprint density at radius 1 is 0.828 bits per heavy atom. The number of ether oxygens (including phenoxy) is 1. The first kappa shape index (κ1) is 16.7. The second-order valence-corrected chi connectivity index (χ2v) is 6.60. The van der Waals surface area contributed by atoms with E-state index in [2.05, 4.69) is 12.2 Å². The van der Waals surface area contributed by atoms with Gasteiger partial charge in [0.25, 0.3) is 0 Å². The first-order chi connectivity index (χ1) is 15.3. The van der Waals surface area contributed by atoms with Crippen LogP contribution in [0.1, 0.15) is 34.1 Å². The highest BCUT2D eigenvalue weighted by Crippen LogP contribution is 2.36. The first-order valence-corrected chi connectivity index (χ1v) is 9.57. The maximum Gasteiger partial charge on any atom is 0.119 e. The number of rotatable bonds is 8. The largest absolute Gasteiger partial charge is 0.508 e. The van der Waals surface area contributed by atoms with Crippen LogP contribution in [-0.4, -0.2) is 30.3 Å². The molecule has 0 aliphatic rings. The minimum atomic E-state index is -2.18. The molecule has 0 spiro atoms. The lowest BCUT2D eigenvalue weighted by molar-refractivity contribution is 0.318. The highest BCUT2D eigenvalue weighted by atomic mass is 16.5. The molecular formula is C25H27NO3. The van der Waals surface area contributed by atoms with Crippen LogP contribution in [0.4, 0.5) is 0 Å². The van der Waals surface area contributed by atoms with Gasteiger partial charge in [-0.1, -0.05) is 43.3 Å². The van der Waals surface area contributed by atoms with Gasteiger partial charge in [0.15, 0.2) is 0 Å². The monoisotopic (exact) mass is 392 g/mol. The van der Waals surface area contributed by atoms with Gasteiger partial charge in [-0.25, -0.2) is 0 Å². The Morgan fingerprint density at radius 2 is 1.34 bits per heavy atom. The van der Waals surface area contributed by atoms with Gasteiger partial charge in [-0.05, 0) is 77.6 Å². The summed E-state index contributed by atoms with van der Waals surface area (Å²) in [6, 6.07) is 21.8. The third-order valence-corrected chi connectivity index (χ3v) is 4.67. The summed E-state index contributed by atoms with van der Waals surface area (Å²) in [5.41, 5.74) is 5.07. The van der Waals surface area contributed by atoms with Gasteiger partial charge in [0, 0.05) is 10.7 Å². The number of aromatic hydroxyl groups is 2. The van der Waals surface area contributed by atoms with Gasteiger partial charge in [-0.15, -0.1) is 0 Å². The van der Waals surface area contributed by atoms with Gasteiger partial charge < -0.3 is 20.3 Å². The lowest BCUT2D eigenvalue weighted by atomic mass is 9.88. The third kappa shape index (κ3) is 5.18. The van der Waals surface area contributed by atoms with Crippen LogP contribution in [0.2, 0.25) is 0 Å². The van der Waals surface area contributed by atoms with E-state index in [0.29, 0.717) is 5.75 Å². The summed E-state index contributed by atoms with van der Waals surface area (Å²) in [6.45, 7) is 0.365. The average molecular weight is 393 g/mol. The van der Waals surface area contributed by atoms with Gasteiger partial charge in [0.05, 0.1) is 0 Å². The molecule has 150 valence electrons. The molecule has 0 unspecified atom stereocenters. The van der Waals surface area contributed by atoms with E-state index in [1.807, 2.05) is 48.5 Å². The summed E-state index contributed by atoms with van der Waals surface area (Å²) < 4.78 is 27.1. The van der Waals surface area contributed by atoms with Gasteiger partial charge in [-0.2, -0.15) is 0 Å². The fraction of sp³-hybridized carbons (Fsp3) is 0.200. The minimum absolute atomic E-state index is 0.199. The number of hydrogen-bond donors (Lipinski definition) is 3. The summed E-state index contributed by atoms with van der Waals surface area (Å²) >= 11 is 0. The molecule has 0 bridgehead atoms. The smallest absolute Gasteiger partial charge is 0.119 e. The third-order valence-electron chi connectivity index (χ3n) is 4.67. The van der Waals surface area contributed by atoms with Gasteiger partial charge in [-0.3, -0.25) is 0 Å². The van der Waals surface area contributed by atoms with E-state index in [1.54, 1.807) is 24.3 Å². The van der Waals surface area contributed by atoms with E-state index in [0.717, 1.165) is 34.3 Å². The van der Waals surface area contributed by atoms with Crippen molar-refractivity contribution >= 4 is 11.1 Å². The van der Waals surface area contributed by atoms with Crippen molar-refractivity contribution in [3.05, 3.63) is 89.5 Å². The van der Waals surface area contributed by atoms with Gasteiger partial charge in [0.1, 0.15) is 23.9 Å². The summed E-state index contributed by atoms with van der Waals surface area (Å²) in [5.74, 6) is 1.06. The van der Waals surface area contributed by atoms with Crippen molar-refractivity contribution in [2.45, 2.75) is 13.3 Å². The molecule has 0 saturated carbocycles. The van der Waals surface area contributed by atoms with Crippen molar-refractivity contribution in [2.75, 3.05) is 20.1 Å². The number of phenolic OH excluding ortho intramolecular Hbond substituents is 2. The van der Waals surface area contributed by atoms with Gasteiger partial charge >= 0.3 is 0 Å². The second kappa shape index (κ2) is 9.80. The number of phenols is 2. The van der Waals surface area contributed by atoms with E-state index in [1.165, 1.54) is 0 Å². The molecule has 0 atom stereocenters. The van der Waals surface area contributed by atoms with Crippen molar-refractivity contribution < 1.29 is 19.1 Å². The van der Waals surface area contributed by atoms with Gasteiger partial charge in [0.2, 0.25) is 0 Å². The molecule has 0 radical (unpaired) electrons. The maximum atomic E-state index is 9.74. The van der Waals surface area contributed by atoms with Crippen LogP contribution in [0.3, 0.4) is 0 Å². The van der Waals surface area contributed by atoms with E-state index < -0.39 is 6.98 Å². The molecule has 3 aromatic rings. The molecule has 0 aliphatic heterocycles. The summed E-state index contributed by atoms with van der Waals surface area (Å²) in [5, 5.41) is 21.8. The summed E-state index contributed by atoms with van der Waals surface area (Å²) in [7, 11) is 0. The molecule has 0 aliphatic carbocycles.